The lowest BCUT2D eigenvalue weighted by Gasteiger charge is -2.13. The maximum Gasteiger partial charge on any atom is 0.152 e. The summed E-state index contributed by atoms with van der Waals surface area (Å²) in [5.41, 5.74) is 2.04. The lowest BCUT2D eigenvalue weighted by molar-refractivity contribution is 1.23. The fraction of sp³-hybridized carbons (Fsp3) is 0.375. The average molecular weight is 292 g/mol. The molecule has 0 saturated heterocycles. The van der Waals surface area contributed by atoms with E-state index in [-0.39, 0.29) is 0 Å². The number of nitrogens with zero attached hydrogens (tertiary/aromatic N) is 1. The molecule has 0 aromatic carbocycles. The number of halogens is 1. The van der Waals surface area contributed by atoms with Crippen LogP contribution in [0.1, 0.15) is 0 Å². The molecule has 1 rings (SSSR count). The molecule has 0 unspecified atom stereocenters. The second-order valence-electron chi connectivity index (χ2n) is 2.47. The first-order chi connectivity index (χ1) is 6.22. The van der Waals surface area contributed by atoms with E-state index in [2.05, 4.69) is 43.5 Å². The van der Waals surface area contributed by atoms with Crippen molar-refractivity contribution in [3.8, 4) is 0 Å². The SMILES string of the molecule is CNc1cc(I)nc(NC)c1NC. The summed E-state index contributed by atoms with van der Waals surface area (Å²) >= 11 is 2.19. The van der Waals surface area contributed by atoms with Gasteiger partial charge in [0.25, 0.3) is 0 Å². The zero-order valence-electron chi connectivity index (χ0n) is 7.90. The largest absolute Gasteiger partial charge is 0.386 e. The zero-order chi connectivity index (χ0) is 9.84. The van der Waals surface area contributed by atoms with Gasteiger partial charge in [-0.15, -0.1) is 0 Å². The van der Waals surface area contributed by atoms with Crippen molar-refractivity contribution in [3.05, 3.63) is 9.77 Å². The van der Waals surface area contributed by atoms with Crippen LogP contribution in [-0.2, 0) is 0 Å². The molecule has 0 bridgehead atoms. The van der Waals surface area contributed by atoms with E-state index in [4.69, 9.17) is 0 Å². The minimum absolute atomic E-state index is 0.860. The van der Waals surface area contributed by atoms with Crippen LogP contribution < -0.4 is 16.0 Å². The van der Waals surface area contributed by atoms with Crippen LogP contribution in [0.2, 0.25) is 0 Å². The highest BCUT2D eigenvalue weighted by Gasteiger charge is 2.07. The van der Waals surface area contributed by atoms with Gasteiger partial charge in [-0.25, -0.2) is 4.98 Å². The summed E-state index contributed by atoms with van der Waals surface area (Å²) in [4.78, 5) is 4.34. The van der Waals surface area contributed by atoms with Gasteiger partial charge in [-0.2, -0.15) is 0 Å². The third kappa shape index (κ3) is 2.15. The van der Waals surface area contributed by atoms with E-state index < -0.39 is 0 Å². The predicted molar refractivity (Wildman–Crippen MR) is 65.6 cm³/mol. The van der Waals surface area contributed by atoms with Gasteiger partial charge < -0.3 is 16.0 Å². The molecule has 72 valence electrons. The topological polar surface area (TPSA) is 49.0 Å². The number of hydrogen-bond acceptors (Lipinski definition) is 4. The highest BCUT2D eigenvalue weighted by molar-refractivity contribution is 14.1. The Balaban J connectivity index is 3.25. The molecule has 1 aromatic heterocycles. The van der Waals surface area contributed by atoms with Crippen molar-refractivity contribution < 1.29 is 0 Å². The fourth-order valence-electron chi connectivity index (χ4n) is 1.14. The van der Waals surface area contributed by atoms with Crippen LogP contribution in [0.25, 0.3) is 0 Å². The number of aromatic nitrogens is 1. The Morgan fingerprint density at radius 1 is 1.15 bits per heavy atom. The lowest BCUT2D eigenvalue weighted by Crippen LogP contribution is -2.04. The van der Waals surface area contributed by atoms with Crippen LogP contribution in [0.3, 0.4) is 0 Å². The van der Waals surface area contributed by atoms with Gasteiger partial charge in [0.15, 0.2) is 5.82 Å². The molecule has 0 spiro atoms. The summed E-state index contributed by atoms with van der Waals surface area (Å²) < 4.78 is 0.963. The molecule has 1 heterocycles. The van der Waals surface area contributed by atoms with E-state index >= 15 is 0 Å². The van der Waals surface area contributed by atoms with Gasteiger partial charge >= 0.3 is 0 Å². The van der Waals surface area contributed by atoms with Gasteiger partial charge in [-0.05, 0) is 28.7 Å². The van der Waals surface area contributed by atoms with Crippen molar-refractivity contribution in [2.24, 2.45) is 0 Å². The summed E-state index contributed by atoms with van der Waals surface area (Å²) in [5.74, 6) is 0.860. The van der Waals surface area contributed by atoms with Crippen molar-refractivity contribution in [3.63, 3.8) is 0 Å². The smallest absolute Gasteiger partial charge is 0.152 e. The molecular formula is C8H13IN4. The van der Waals surface area contributed by atoms with E-state index in [0.717, 1.165) is 20.9 Å². The average Bonchev–Trinajstić information content (AvgIpc) is 2.16. The molecule has 13 heavy (non-hydrogen) atoms. The molecule has 0 aliphatic heterocycles. The molecule has 0 aliphatic carbocycles. The third-order valence-corrected chi connectivity index (χ3v) is 2.30. The van der Waals surface area contributed by atoms with Crippen molar-refractivity contribution in [1.82, 2.24) is 4.98 Å². The van der Waals surface area contributed by atoms with E-state index in [9.17, 15) is 0 Å². The standard InChI is InChI=1S/C8H13IN4/c1-10-5-4-6(9)13-8(12-3)7(5)11-2/h4,11H,1-3H3,(H2,10,12,13). The molecule has 0 radical (unpaired) electrons. The molecule has 0 saturated carbocycles. The maximum absolute atomic E-state index is 4.34. The predicted octanol–water partition coefficient (Wildman–Crippen LogP) is 1.81. The minimum atomic E-state index is 0.860. The number of hydrogen-bond donors (Lipinski definition) is 3. The highest BCUT2D eigenvalue weighted by Crippen LogP contribution is 2.29. The second kappa shape index (κ2) is 4.50. The van der Waals surface area contributed by atoms with E-state index in [1.807, 2.05) is 27.2 Å². The second-order valence-corrected chi connectivity index (χ2v) is 3.57. The molecule has 0 atom stereocenters. The van der Waals surface area contributed by atoms with Crippen LogP contribution in [0.15, 0.2) is 6.07 Å². The van der Waals surface area contributed by atoms with Gasteiger partial charge in [0.1, 0.15) is 9.39 Å². The molecule has 5 heteroatoms. The Kier molecular flexibility index (Phi) is 3.58. The fourth-order valence-corrected chi connectivity index (χ4v) is 1.70. The lowest BCUT2D eigenvalue weighted by atomic mass is 10.3. The van der Waals surface area contributed by atoms with E-state index in [1.54, 1.807) is 0 Å². The Labute approximate surface area is 91.7 Å². The molecular weight excluding hydrogens is 279 g/mol. The maximum atomic E-state index is 4.34. The van der Waals surface area contributed by atoms with E-state index in [0.29, 0.717) is 0 Å². The molecule has 1 aromatic rings. The van der Waals surface area contributed by atoms with Crippen molar-refractivity contribution in [1.29, 1.82) is 0 Å². The summed E-state index contributed by atoms with van der Waals surface area (Å²) in [6, 6.07) is 1.99. The van der Waals surface area contributed by atoms with Gasteiger partial charge in [-0.3, -0.25) is 0 Å². The van der Waals surface area contributed by atoms with Gasteiger partial charge in [0.05, 0.1) is 5.69 Å². The molecule has 0 amide bonds. The van der Waals surface area contributed by atoms with Crippen molar-refractivity contribution in [2.45, 2.75) is 0 Å². The summed E-state index contributed by atoms with van der Waals surface area (Å²) in [5, 5.41) is 9.26. The van der Waals surface area contributed by atoms with Gasteiger partial charge in [0.2, 0.25) is 0 Å². The van der Waals surface area contributed by atoms with Crippen LogP contribution in [0.5, 0.6) is 0 Å². The Morgan fingerprint density at radius 2 is 1.85 bits per heavy atom. The zero-order valence-corrected chi connectivity index (χ0v) is 10.1. The minimum Gasteiger partial charge on any atom is -0.386 e. The molecule has 0 aliphatic rings. The number of nitrogens with one attached hydrogen (secondary N) is 3. The number of anilines is 3. The third-order valence-electron chi connectivity index (χ3n) is 1.74. The quantitative estimate of drug-likeness (QED) is 0.587. The molecule has 0 fully saturated rings. The highest BCUT2D eigenvalue weighted by atomic mass is 127. The van der Waals surface area contributed by atoms with Crippen LogP contribution in [-0.4, -0.2) is 26.1 Å². The van der Waals surface area contributed by atoms with Gasteiger partial charge in [-0.1, -0.05) is 0 Å². The Hall–Kier alpha value is -0.720. The monoisotopic (exact) mass is 292 g/mol. The first-order valence-corrected chi connectivity index (χ1v) is 5.04. The van der Waals surface area contributed by atoms with Gasteiger partial charge in [0, 0.05) is 21.1 Å². The summed E-state index contributed by atoms with van der Waals surface area (Å²) in [7, 11) is 5.63. The van der Waals surface area contributed by atoms with E-state index in [1.165, 1.54) is 0 Å². The Morgan fingerprint density at radius 3 is 2.31 bits per heavy atom. The normalized spacial score (nSPS) is 9.54. The van der Waals surface area contributed by atoms with Crippen molar-refractivity contribution in [2.75, 3.05) is 37.1 Å². The Bertz CT molecular complexity index is 275. The summed E-state index contributed by atoms with van der Waals surface area (Å²) in [6.07, 6.45) is 0. The van der Waals surface area contributed by atoms with Crippen LogP contribution in [0, 0.1) is 3.70 Å². The number of pyridine rings is 1. The van der Waals surface area contributed by atoms with Crippen LogP contribution in [0.4, 0.5) is 17.2 Å². The summed E-state index contributed by atoms with van der Waals surface area (Å²) in [6.45, 7) is 0. The van der Waals surface area contributed by atoms with Crippen LogP contribution >= 0.6 is 22.6 Å². The van der Waals surface area contributed by atoms with Crippen molar-refractivity contribution >= 4 is 39.8 Å². The first kappa shape index (κ1) is 10.4. The first-order valence-electron chi connectivity index (χ1n) is 3.96. The molecule has 4 nitrogen and oxygen atoms in total. The number of rotatable bonds is 3. The molecule has 3 N–H and O–H groups in total.